The summed E-state index contributed by atoms with van der Waals surface area (Å²) in [4.78, 5) is 15.6. The zero-order valence-electron chi connectivity index (χ0n) is 12.5. The summed E-state index contributed by atoms with van der Waals surface area (Å²) in [6.07, 6.45) is 1.46. The van der Waals surface area contributed by atoms with Crippen molar-refractivity contribution in [1.82, 2.24) is 15.2 Å². The normalized spacial score (nSPS) is 11.7. The molecule has 2 aromatic heterocycles. The maximum atomic E-state index is 11.4. The van der Waals surface area contributed by atoms with Gasteiger partial charge in [0.2, 0.25) is 5.16 Å². The second-order valence-corrected chi connectivity index (χ2v) is 6.75. The fourth-order valence-corrected chi connectivity index (χ4v) is 2.93. The van der Waals surface area contributed by atoms with Crippen LogP contribution in [0.2, 0.25) is 0 Å². The summed E-state index contributed by atoms with van der Waals surface area (Å²) in [7, 11) is 0. The molecule has 0 atom stereocenters. The number of H-pyrrole nitrogens is 1. The molecule has 0 unspecified atom stereocenters. The molecule has 0 spiro atoms. The Morgan fingerprint density at radius 1 is 1.29 bits per heavy atom. The van der Waals surface area contributed by atoms with E-state index in [1.54, 1.807) is 19.1 Å². The second-order valence-electron chi connectivity index (χ2n) is 4.83. The van der Waals surface area contributed by atoms with Crippen molar-refractivity contribution in [2.75, 3.05) is 0 Å². The first-order valence-electron chi connectivity index (χ1n) is 6.89. The number of aliphatic carboxylic acids is 1. The van der Waals surface area contributed by atoms with Crippen LogP contribution in [0.4, 0.5) is 0 Å². The van der Waals surface area contributed by atoms with Gasteiger partial charge in [0.1, 0.15) is 22.3 Å². The number of furan rings is 1. The van der Waals surface area contributed by atoms with Gasteiger partial charge >= 0.3 is 5.97 Å². The maximum absolute atomic E-state index is 11.4. The molecule has 3 aromatic rings. The molecule has 24 heavy (non-hydrogen) atoms. The minimum atomic E-state index is -1.07. The minimum Gasteiger partial charge on any atom is -0.477 e. The molecule has 0 aliphatic heterocycles. The highest BCUT2D eigenvalue weighted by molar-refractivity contribution is 9.10. The van der Waals surface area contributed by atoms with E-state index in [1.807, 2.05) is 24.3 Å². The Balaban J connectivity index is 1.85. The number of aromatic nitrogens is 3. The Labute approximate surface area is 150 Å². The van der Waals surface area contributed by atoms with Crippen LogP contribution in [0.15, 0.2) is 55.3 Å². The van der Waals surface area contributed by atoms with Crippen LogP contribution >= 0.6 is 27.7 Å². The minimum absolute atomic E-state index is 0.0747. The first-order chi connectivity index (χ1) is 11.5. The van der Waals surface area contributed by atoms with E-state index >= 15 is 0 Å². The monoisotopic (exact) mass is 405 g/mol. The van der Waals surface area contributed by atoms with Crippen molar-refractivity contribution in [1.29, 1.82) is 0 Å². The van der Waals surface area contributed by atoms with Crippen LogP contribution in [0.3, 0.4) is 0 Å². The van der Waals surface area contributed by atoms with Gasteiger partial charge in [-0.1, -0.05) is 28.1 Å². The Kier molecular flexibility index (Phi) is 4.86. The van der Waals surface area contributed by atoms with Gasteiger partial charge in [0, 0.05) is 16.1 Å². The largest absolute Gasteiger partial charge is 0.477 e. The number of halogens is 1. The highest BCUT2D eigenvalue weighted by Gasteiger charge is 2.14. The molecule has 1 aromatic carbocycles. The van der Waals surface area contributed by atoms with Crippen molar-refractivity contribution in [3.63, 3.8) is 0 Å². The lowest BCUT2D eigenvalue weighted by Gasteiger charge is -1.98. The molecule has 122 valence electrons. The quantitative estimate of drug-likeness (QED) is 0.484. The van der Waals surface area contributed by atoms with Gasteiger partial charge in [0.25, 0.3) is 0 Å². The van der Waals surface area contributed by atoms with Crippen molar-refractivity contribution in [3.05, 3.63) is 57.4 Å². The Hall–Kier alpha value is -2.32. The number of hydrogen-bond donors (Lipinski definition) is 2. The highest BCUT2D eigenvalue weighted by atomic mass is 79.9. The van der Waals surface area contributed by atoms with Gasteiger partial charge in [-0.25, -0.2) is 9.78 Å². The van der Waals surface area contributed by atoms with Crippen LogP contribution in [0.5, 0.6) is 0 Å². The number of carboxylic acids is 1. The van der Waals surface area contributed by atoms with Crippen LogP contribution in [0.25, 0.3) is 17.4 Å². The Morgan fingerprint density at radius 3 is 2.67 bits per heavy atom. The number of rotatable bonds is 5. The van der Waals surface area contributed by atoms with Gasteiger partial charge in [0.05, 0.1) is 0 Å². The van der Waals surface area contributed by atoms with Crippen LogP contribution in [-0.2, 0) is 4.79 Å². The fourth-order valence-electron chi connectivity index (χ4n) is 1.93. The standard InChI is InChI=1S/C16H12BrN3O3S/c1-9-18-16(20-19-9)24-14(15(21)22)8-12-6-7-13(23-12)10-2-4-11(17)5-3-10/h2-8H,1H3,(H,21,22)(H,18,19,20)/b14-8-. The van der Waals surface area contributed by atoms with Gasteiger partial charge in [0.15, 0.2) is 0 Å². The average Bonchev–Trinajstić information content (AvgIpc) is 3.17. The SMILES string of the molecule is Cc1nc(S/C(=C\c2ccc(-c3ccc(Br)cc3)o2)C(=O)O)n[nH]1. The van der Waals surface area contributed by atoms with E-state index in [0.717, 1.165) is 21.8 Å². The average molecular weight is 406 g/mol. The van der Waals surface area contributed by atoms with E-state index in [1.165, 1.54) is 6.08 Å². The molecule has 0 saturated heterocycles. The summed E-state index contributed by atoms with van der Waals surface area (Å²) >= 11 is 4.34. The number of carboxylic acid groups (broad SMARTS) is 1. The van der Waals surface area contributed by atoms with Gasteiger partial charge in [-0.15, -0.1) is 5.10 Å². The Morgan fingerprint density at radius 2 is 2.04 bits per heavy atom. The molecule has 2 heterocycles. The molecular weight excluding hydrogens is 394 g/mol. The smallest absolute Gasteiger partial charge is 0.342 e. The Bertz CT molecular complexity index is 899. The van der Waals surface area contributed by atoms with E-state index in [4.69, 9.17) is 4.42 Å². The van der Waals surface area contributed by atoms with Gasteiger partial charge in [-0.2, -0.15) is 0 Å². The lowest BCUT2D eigenvalue weighted by Crippen LogP contribution is -1.97. The summed E-state index contributed by atoms with van der Waals surface area (Å²) in [5, 5.41) is 16.3. The first-order valence-corrected chi connectivity index (χ1v) is 8.50. The molecule has 0 fully saturated rings. The summed E-state index contributed by atoms with van der Waals surface area (Å²) in [5.74, 6) is 0.670. The molecule has 0 saturated carbocycles. The van der Waals surface area contributed by atoms with Gasteiger partial charge in [-0.05, 0) is 43.0 Å². The van der Waals surface area contributed by atoms with Crippen LogP contribution < -0.4 is 0 Å². The third-order valence-electron chi connectivity index (χ3n) is 3.02. The number of benzene rings is 1. The third kappa shape index (κ3) is 3.95. The van der Waals surface area contributed by atoms with Crippen molar-refractivity contribution in [2.45, 2.75) is 12.1 Å². The molecular formula is C16H12BrN3O3S. The van der Waals surface area contributed by atoms with Gasteiger partial charge < -0.3 is 9.52 Å². The highest BCUT2D eigenvalue weighted by Crippen LogP contribution is 2.29. The third-order valence-corrected chi connectivity index (χ3v) is 4.42. The van der Waals surface area contributed by atoms with Crippen LogP contribution in [-0.4, -0.2) is 26.3 Å². The summed E-state index contributed by atoms with van der Waals surface area (Å²) in [5.41, 5.74) is 0.909. The summed E-state index contributed by atoms with van der Waals surface area (Å²) in [6, 6.07) is 11.2. The summed E-state index contributed by atoms with van der Waals surface area (Å²) < 4.78 is 6.69. The number of aromatic amines is 1. The molecule has 0 aliphatic rings. The molecule has 0 radical (unpaired) electrons. The molecule has 2 N–H and O–H groups in total. The van der Waals surface area contributed by atoms with Gasteiger partial charge in [-0.3, -0.25) is 5.10 Å². The molecule has 3 rings (SSSR count). The molecule has 6 nitrogen and oxygen atoms in total. The lowest BCUT2D eigenvalue weighted by atomic mass is 10.2. The molecule has 0 aliphatic carbocycles. The molecule has 8 heteroatoms. The number of nitrogens with zero attached hydrogens (tertiary/aromatic N) is 2. The van der Waals surface area contributed by atoms with Crippen molar-refractivity contribution in [2.24, 2.45) is 0 Å². The maximum Gasteiger partial charge on any atom is 0.342 e. The van der Waals surface area contributed by atoms with Crippen LogP contribution in [0, 0.1) is 6.92 Å². The van der Waals surface area contributed by atoms with E-state index in [2.05, 4.69) is 31.1 Å². The van der Waals surface area contributed by atoms with Crippen molar-refractivity contribution >= 4 is 39.7 Å². The fraction of sp³-hybridized carbons (Fsp3) is 0.0625. The topological polar surface area (TPSA) is 92.0 Å². The molecule has 0 amide bonds. The van der Waals surface area contributed by atoms with E-state index < -0.39 is 5.97 Å². The van der Waals surface area contributed by atoms with E-state index in [0.29, 0.717) is 22.5 Å². The lowest BCUT2D eigenvalue weighted by molar-refractivity contribution is -0.131. The molecule has 0 bridgehead atoms. The number of aryl methyl sites for hydroxylation is 1. The van der Waals surface area contributed by atoms with Crippen molar-refractivity contribution < 1.29 is 14.3 Å². The zero-order chi connectivity index (χ0) is 17.1. The van der Waals surface area contributed by atoms with E-state index in [-0.39, 0.29) is 4.91 Å². The predicted octanol–water partition coefficient (Wildman–Crippen LogP) is 4.35. The summed E-state index contributed by atoms with van der Waals surface area (Å²) in [6.45, 7) is 1.75. The number of nitrogens with one attached hydrogen (secondary N) is 1. The number of thioether (sulfide) groups is 1. The second kappa shape index (κ2) is 7.06. The number of carbonyl (C=O) groups is 1. The number of hydrogen-bond acceptors (Lipinski definition) is 5. The first kappa shape index (κ1) is 16.5. The zero-order valence-corrected chi connectivity index (χ0v) is 14.9. The predicted molar refractivity (Wildman–Crippen MR) is 94.4 cm³/mol. The van der Waals surface area contributed by atoms with Crippen LogP contribution in [0.1, 0.15) is 11.6 Å². The van der Waals surface area contributed by atoms with Crippen molar-refractivity contribution in [3.8, 4) is 11.3 Å². The van der Waals surface area contributed by atoms with E-state index in [9.17, 15) is 9.90 Å².